The minimum absolute atomic E-state index is 0.115. The lowest BCUT2D eigenvalue weighted by Crippen LogP contribution is -2.44. The summed E-state index contributed by atoms with van der Waals surface area (Å²) in [6.45, 7) is 8.76. The fourth-order valence-electron chi connectivity index (χ4n) is 21.7. The molecule has 4 saturated carbocycles. The number of fused-ring (bicyclic) bond motifs is 8. The highest BCUT2D eigenvalue weighted by Crippen LogP contribution is 2.53. The van der Waals surface area contributed by atoms with E-state index in [1.165, 1.54) is 59.0 Å². The third-order valence-electron chi connectivity index (χ3n) is 28.0. The molecule has 0 unspecified atom stereocenters. The van der Waals surface area contributed by atoms with Gasteiger partial charge in [0.15, 0.2) is 0 Å². The van der Waals surface area contributed by atoms with Crippen LogP contribution in [0.15, 0.2) is 233 Å². The van der Waals surface area contributed by atoms with Crippen molar-refractivity contribution in [3.05, 3.63) is 310 Å². The number of ether oxygens (including phenoxy) is 4. The molecule has 4 fully saturated rings. The molecule has 16 atom stereocenters. The highest BCUT2D eigenvalue weighted by molar-refractivity contribution is 7.05. The van der Waals surface area contributed by atoms with Crippen molar-refractivity contribution in [3.8, 4) is 44.5 Å². The zero-order chi connectivity index (χ0) is 94.0. The standard InChI is InChI=1S/3C27H28FN3O3.C27H28FN3O2S/c1-2-33-27(32)30-23-9-10-24-19(14-23)12-20-16-34-31-26(20)25(24)11-8-22-7-6-18(15-29-22)17-4-3-5-21(28)13-17;1-2-33-27(32)31-23-9-10-24-19(14-23)12-20-16-30-34-26(20)25(24)11-8-22-7-6-18(15-29-22)17-4-3-5-21(28)13-17;1-2-33-27(32)30-22-9-10-23-19(13-22)14-26-25(16-34-31-26)24(23)11-8-21-7-6-18(15-29-21)17-4-3-5-20(28)12-17;1-2-33-27(32)31-22-9-10-23-19(13-22)14-26-25(16-30-34-26)24(23)11-8-21-7-6-18(15-29-21)17-4-3-5-20(28)12-17/h3-8,11,13,15-16,19,23-25H,2,9-10,12,14H2,1H3,(H,30,32);3-8,11,13,15-16,19,23-25H,2,9-10,12,14H2,1H3,(H,31,32);3-8,11-12,15-16,19,22-24H,2,9-10,13-14H2,1H3,(H,30,32);3-8,11-12,15-16,19,22-24H,2,9-10,13-14H2,1H3,(H,31,32)/b4*11-8+/t2*19-,23-,24-,25+;2*19-,22+,23+,24-/m1100/s1. The molecular weight excluding hydrogens is 1750 g/mol. The first-order valence-corrected chi connectivity index (χ1v) is 48.3. The largest absolute Gasteiger partial charge is 0.450 e. The van der Waals surface area contributed by atoms with E-state index in [1.54, 1.807) is 73.1 Å². The number of benzene rings is 4. The summed E-state index contributed by atoms with van der Waals surface area (Å²) >= 11 is 1.59. The molecule has 0 spiro atoms. The molecular formula is C108H112F4N12O11S. The first-order valence-electron chi connectivity index (χ1n) is 47.5. The molecule has 136 heavy (non-hydrogen) atoms. The number of halogens is 4. The number of carbonyl (C=O) groups excluding carboxylic acids is 4. The van der Waals surface area contributed by atoms with Crippen LogP contribution in [0.2, 0.25) is 0 Å². The van der Waals surface area contributed by atoms with Gasteiger partial charge in [0.1, 0.15) is 41.6 Å². The second-order valence-corrected chi connectivity index (χ2v) is 37.2. The summed E-state index contributed by atoms with van der Waals surface area (Å²) in [6, 6.07) is 42.3. The number of pyridine rings is 4. The molecule has 0 aliphatic heterocycles. The second-order valence-electron chi connectivity index (χ2n) is 36.3. The molecule has 8 aliphatic carbocycles. The molecule has 0 radical (unpaired) electrons. The van der Waals surface area contributed by atoms with E-state index in [1.807, 2.05) is 131 Å². The van der Waals surface area contributed by atoms with E-state index in [4.69, 9.17) is 32.5 Å². The van der Waals surface area contributed by atoms with E-state index in [0.29, 0.717) is 79.7 Å². The average Bonchev–Trinajstić information content (AvgIpc) is 1.55. The summed E-state index contributed by atoms with van der Waals surface area (Å²) in [6.07, 6.45) is 45.3. The van der Waals surface area contributed by atoms with Gasteiger partial charge in [0.2, 0.25) is 0 Å². The molecule has 0 bridgehead atoms. The van der Waals surface area contributed by atoms with E-state index in [-0.39, 0.29) is 89.6 Å². The lowest BCUT2D eigenvalue weighted by Gasteiger charge is -2.42. The Balaban J connectivity index is 0.000000126. The molecule has 4 amide bonds. The van der Waals surface area contributed by atoms with Crippen molar-refractivity contribution in [2.24, 2.45) is 47.3 Å². The summed E-state index contributed by atoms with van der Waals surface area (Å²) in [4.78, 5) is 67.2. The molecule has 4 N–H and O–H groups in total. The van der Waals surface area contributed by atoms with Crippen LogP contribution >= 0.6 is 11.5 Å². The first-order chi connectivity index (χ1) is 66.4. The third-order valence-corrected chi connectivity index (χ3v) is 28.8. The highest BCUT2D eigenvalue weighted by atomic mass is 32.1. The van der Waals surface area contributed by atoms with Gasteiger partial charge in [-0.1, -0.05) is 113 Å². The van der Waals surface area contributed by atoms with Crippen LogP contribution in [0.1, 0.15) is 195 Å². The van der Waals surface area contributed by atoms with Crippen LogP contribution in [0.25, 0.3) is 68.8 Å². The Morgan fingerprint density at radius 2 is 0.743 bits per heavy atom. The quantitative estimate of drug-likeness (QED) is 0.0407. The molecule has 8 heterocycles. The zero-order valence-electron chi connectivity index (χ0n) is 76.5. The van der Waals surface area contributed by atoms with Crippen molar-refractivity contribution in [1.82, 2.24) is 61.0 Å². The maximum Gasteiger partial charge on any atom is 0.407 e. The lowest BCUT2D eigenvalue weighted by molar-refractivity contribution is 0.125. The van der Waals surface area contributed by atoms with Gasteiger partial charge in [-0.15, -0.1) is 0 Å². The summed E-state index contributed by atoms with van der Waals surface area (Å²) in [7, 11) is 0. The van der Waals surface area contributed by atoms with Crippen molar-refractivity contribution in [3.63, 3.8) is 0 Å². The van der Waals surface area contributed by atoms with Crippen molar-refractivity contribution in [2.45, 2.75) is 178 Å². The highest BCUT2D eigenvalue weighted by Gasteiger charge is 2.46. The fraction of sp³-hybridized carbons (Fsp3) is 0.370. The number of carbonyl (C=O) groups is 4. The Labute approximate surface area is 792 Å². The molecule has 20 rings (SSSR count). The predicted molar refractivity (Wildman–Crippen MR) is 511 cm³/mol. The van der Waals surface area contributed by atoms with E-state index in [0.717, 1.165) is 204 Å². The summed E-state index contributed by atoms with van der Waals surface area (Å²) < 4.78 is 95.3. The smallest absolute Gasteiger partial charge is 0.407 e. The molecule has 8 aromatic heterocycles. The Morgan fingerprint density at radius 3 is 1.14 bits per heavy atom. The number of nitrogens with zero attached hydrogens (tertiary/aromatic N) is 8. The molecule has 23 nitrogen and oxygen atoms in total. The first kappa shape index (κ1) is 94.3. The van der Waals surface area contributed by atoms with E-state index in [2.05, 4.69) is 91.4 Å². The average molecular weight is 1860 g/mol. The molecule has 28 heteroatoms. The van der Waals surface area contributed by atoms with Crippen molar-refractivity contribution in [1.29, 1.82) is 0 Å². The SMILES string of the molecule is CCOC(=O)N[C@@H]1CC[C@@H]2[C@H](Cc3cnoc3[C@H]2/C=C/c2ccc(-c3cccc(F)c3)cn2)C1.CCOC(=O)N[C@@H]1CC[C@@H]2[C@H](Cc3conc3[C@H]2/C=C/c2ccc(-c3cccc(F)c3)cn2)C1.CCOC(=O)N[C@@H]1CC[C@@H]2[C@H](Cc3nocc3[C@H]2/C=C/c2ccc(-c3cccc(F)c3)cn2)C1.CCOC(=O)N[C@@H]1CC[C@@H]2[C@H](Cc3sncc3[C@H]2/C=C/c2ccc(-c3cccc(F)c3)cn2)C1. The number of nitrogens with one attached hydrogen (secondary N) is 4. The molecule has 704 valence electrons. The number of allylic oxidation sites excluding steroid dienone is 4. The monoisotopic (exact) mass is 1860 g/mol. The van der Waals surface area contributed by atoms with E-state index in [9.17, 15) is 36.7 Å². The number of hydrogen-bond donors (Lipinski definition) is 4. The van der Waals surface area contributed by atoms with Crippen molar-refractivity contribution in [2.75, 3.05) is 26.4 Å². The van der Waals surface area contributed by atoms with Gasteiger partial charge in [0.25, 0.3) is 0 Å². The molecule has 4 aromatic carbocycles. The van der Waals surface area contributed by atoms with Gasteiger partial charge >= 0.3 is 24.4 Å². The third kappa shape index (κ3) is 23.5. The topological polar surface area (TPSA) is 296 Å². The Hall–Kier alpha value is -13.5. The van der Waals surface area contributed by atoms with Gasteiger partial charge < -0.3 is 53.8 Å². The van der Waals surface area contributed by atoms with Gasteiger partial charge in [-0.05, 0) is 314 Å². The molecule has 12 aromatic rings. The summed E-state index contributed by atoms with van der Waals surface area (Å²) in [5.41, 5.74) is 16.9. The van der Waals surface area contributed by atoms with Gasteiger partial charge in [-0.3, -0.25) is 19.9 Å². The van der Waals surface area contributed by atoms with Crippen molar-refractivity contribution >= 4 is 60.2 Å². The van der Waals surface area contributed by atoms with Crippen LogP contribution in [-0.4, -0.2) is 115 Å². The molecule has 8 aliphatic rings. The van der Waals surface area contributed by atoms with E-state index >= 15 is 0 Å². The van der Waals surface area contributed by atoms with Crippen LogP contribution < -0.4 is 21.3 Å². The Kier molecular flexibility index (Phi) is 31.0. The van der Waals surface area contributed by atoms with Gasteiger partial charge in [0.05, 0.1) is 66.8 Å². The predicted octanol–water partition coefficient (Wildman–Crippen LogP) is 23.5. The van der Waals surface area contributed by atoms with Crippen LogP contribution in [0.3, 0.4) is 0 Å². The van der Waals surface area contributed by atoms with Crippen LogP contribution in [0.4, 0.5) is 36.7 Å². The van der Waals surface area contributed by atoms with Crippen LogP contribution in [-0.2, 0) is 44.6 Å². The second kappa shape index (κ2) is 44.8. The molecule has 0 saturated heterocycles. The number of alkyl carbamates (subject to hydrolysis) is 4. The minimum atomic E-state index is -0.340. The van der Waals surface area contributed by atoms with E-state index < -0.39 is 0 Å². The zero-order valence-corrected chi connectivity index (χ0v) is 77.3. The lowest BCUT2D eigenvalue weighted by atomic mass is 9.64. The Morgan fingerprint density at radius 1 is 0.382 bits per heavy atom. The van der Waals surface area contributed by atoms with Gasteiger partial charge in [-0.2, -0.15) is 0 Å². The number of rotatable bonds is 20. The minimum Gasteiger partial charge on any atom is -0.450 e. The fourth-order valence-corrected chi connectivity index (χ4v) is 22.6. The normalized spacial score (nSPS) is 23.8. The number of hydrogen-bond acceptors (Lipinski definition) is 20. The maximum absolute atomic E-state index is 13.5. The van der Waals surface area contributed by atoms with Crippen LogP contribution in [0.5, 0.6) is 0 Å². The van der Waals surface area contributed by atoms with Gasteiger partial charge in [-0.25, -0.2) is 41.1 Å². The Bertz CT molecular complexity index is 5440. The number of amides is 4. The van der Waals surface area contributed by atoms with Crippen molar-refractivity contribution < 1.29 is 69.3 Å². The summed E-state index contributed by atoms with van der Waals surface area (Å²) in [5, 5.41) is 24.7. The maximum atomic E-state index is 13.5. The van der Waals surface area contributed by atoms with Gasteiger partial charge in [0, 0.05) is 123 Å². The van der Waals surface area contributed by atoms with Crippen LogP contribution in [0, 0.1) is 70.6 Å². The summed E-state index contributed by atoms with van der Waals surface area (Å²) in [5.74, 6) is 4.26. The number of aromatic nitrogens is 8.